The van der Waals surface area contributed by atoms with E-state index >= 15 is 0 Å². The summed E-state index contributed by atoms with van der Waals surface area (Å²) in [5.41, 5.74) is 2.16. The number of methoxy groups -OCH3 is 3. The number of amides is 1. The summed E-state index contributed by atoms with van der Waals surface area (Å²) in [6.07, 6.45) is 0.666. The van der Waals surface area contributed by atoms with Gasteiger partial charge in [0.05, 0.1) is 27.4 Å². The number of hydrogen-bond acceptors (Lipinski definition) is 5. The van der Waals surface area contributed by atoms with Crippen molar-refractivity contribution >= 4 is 5.91 Å². The van der Waals surface area contributed by atoms with E-state index in [1.165, 1.54) is 21.3 Å². The summed E-state index contributed by atoms with van der Waals surface area (Å²) in [6.45, 7) is 6.07. The fraction of sp³-hybridized carbons (Fsp3) is 0.409. The predicted octanol–water partition coefficient (Wildman–Crippen LogP) is 4.05. The topological polar surface area (TPSA) is 66.0 Å². The van der Waals surface area contributed by atoms with Gasteiger partial charge >= 0.3 is 0 Å². The van der Waals surface area contributed by atoms with Crippen LogP contribution in [0.2, 0.25) is 0 Å². The van der Waals surface area contributed by atoms with E-state index in [0.29, 0.717) is 29.2 Å². The molecule has 1 N–H and O–H groups in total. The Bertz CT molecular complexity index is 865. The second-order valence-electron chi connectivity index (χ2n) is 7.55. The van der Waals surface area contributed by atoms with Crippen molar-refractivity contribution in [2.45, 2.75) is 38.8 Å². The van der Waals surface area contributed by atoms with E-state index in [-0.39, 0.29) is 17.6 Å². The smallest absolute Gasteiger partial charge is 0.252 e. The van der Waals surface area contributed by atoms with Crippen molar-refractivity contribution in [3.8, 4) is 23.0 Å². The van der Waals surface area contributed by atoms with Crippen LogP contribution in [-0.4, -0.2) is 32.8 Å². The molecular formula is C22H27NO5. The summed E-state index contributed by atoms with van der Waals surface area (Å²) in [4.78, 5) is 13.1. The minimum Gasteiger partial charge on any atom is -0.493 e. The maximum Gasteiger partial charge on any atom is 0.252 e. The molecule has 2 aromatic carbocycles. The highest BCUT2D eigenvalue weighted by Crippen LogP contribution is 2.41. The van der Waals surface area contributed by atoms with Gasteiger partial charge in [0.15, 0.2) is 11.5 Å². The molecule has 1 amide bonds. The van der Waals surface area contributed by atoms with E-state index in [2.05, 4.69) is 11.4 Å². The molecule has 3 rings (SSSR count). The van der Waals surface area contributed by atoms with Gasteiger partial charge in [-0.3, -0.25) is 4.79 Å². The predicted molar refractivity (Wildman–Crippen MR) is 107 cm³/mol. The maximum atomic E-state index is 13.1. The van der Waals surface area contributed by atoms with Crippen LogP contribution in [0.5, 0.6) is 23.0 Å². The zero-order chi connectivity index (χ0) is 20.5. The van der Waals surface area contributed by atoms with Crippen LogP contribution in [0.3, 0.4) is 0 Å². The number of carbonyl (C=O) groups excluding carboxylic acids is 1. The Labute approximate surface area is 165 Å². The standard InChI is InChI=1S/C22H27NO5/c1-13-7-8-17-15(9-13)16(12-22(2,3)28-17)23-21(24)14-10-18(25-4)20(27-6)19(11-14)26-5/h7-11,16H,12H2,1-6H3,(H,23,24). The number of benzene rings is 2. The summed E-state index contributed by atoms with van der Waals surface area (Å²) in [5.74, 6) is 1.92. The van der Waals surface area contributed by atoms with Gasteiger partial charge in [-0.25, -0.2) is 0 Å². The molecule has 0 bridgehead atoms. The van der Waals surface area contributed by atoms with E-state index in [1.54, 1.807) is 12.1 Å². The number of carbonyl (C=O) groups is 1. The van der Waals surface area contributed by atoms with E-state index < -0.39 is 0 Å². The molecule has 0 saturated heterocycles. The summed E-state index contributed by atoms with van der Waals surface area (Å²) in [7, 11) is 4.58. The molecular weight excluding hydrogens is 358 g/mol. The Balaban J connectivity index is 1.94. The highest BCUT2D eigenvalue weighted by Gasteiger charge is 2.35. The first kappa shape index (κ1) is 19.9. The molecule has 2 aromatic rings. The molecule has 0 fully saturated rings. The number of ether oxygens (including phenoxy) is 4. The van der Waals surface area contributed by atoms with Gasteiger partial charge < -0.3 is 24.3 Å². The van der Waals surface area contributed by atoms with Crippen molar-refractivity contribution in [1.29, 1.82) is 0 Å². The summed E-state index contributed by atoms with van der Waals surface area (Å²) < 4.78 is 22.1. The van der Waals surface area contributed by atoms with Crippen molar-refractivity contribution in [1.82, 2.24) is 5.32 Å². The van der Waals surface area contributed by atoms with Crippen LogP contribution in [-0.2, 0) is 0 Å². The molecule has 6 heteroatoms. The molecule has 28 heavy (non-hydrogen) atoms. The first-order valence-electron chi connectivity index (χ1n) is 9.18. The average molecular weight is 385 g/mol. The quantitative estimate of drug-likeness (QED) is 0.841. The molecule has 0 spiro atoms. The summed E-state index contributed by atoms with van der Waals surface area (Å²) >= 11 is 0. The van der Waals surface area contributed by atoms with Crippen LogP contribution in [0.1, 0.15) is 47.8 Å². The van der Waals surface area contributed by atoms with Gasteiger partial charge in [0.1, 0.15) is 11.4 Å². The minimum atomic E-state index is -0.379. The normalized spacial score (nSPS) is 17.1. The van der Waals surface area contributed by atoms with Crippen LogP contribution in [0.15, 0.2) is 30.3 Å². The monoisotopic (exact) mass is 385 g/mol. The highest BCUT2D eigenvalue weighted by atomic mass is 16.5. The molecule has 1 heterocycles. The molecule has 1 atom stereocenters. The molecule has 1 aliphatic heterocycles. The number of fused-ring (bicyclic) bond motifs is 1. The molecule has 0 saturated carbocycles. The fourth-order valence-corrected chi connectivity index (χ4v) is 3.56. The first-order valence-corrected chi connectivity index (χ1v) is 9.18. The van der Waals surface area contributed by atoms with Gasteiger partial charge in [0.2, 0.25) is 5.75 Å². The summed E-state index contributed by atoms with van der Waals surface area (Å²) in [6, 6.07) is 9.18. The van der Waals surface area contributed by atoms with Gasteiger partial charge in [-0.2, -0.15) is 0 Å². The lowest BCUT2D eigenvalue weighted by Crippen LogP contribution is -2.41. The molecule has 0 radical (unpaired) electrons. The van der Waals surface area contributed by atoms with Crippen LogP contribution >= 0.6 is 0 Å². The Kier molecular flexibility index (Phi) is 5.40. The fourth-order valence-electron chi connectivity index (χ4n) is 3.56. The first-order chi connectivity index (χ1) is 13.3. The van der Waals surface area contributed by atoms with E-state index in [9.17, 15) is 4.79 Å². The Morgan fingerprint density at radius 2 is 1.71 bits per heavy atom. The molecule has 0 aromatic heterocycles. The van der Waals surface area contributed by atoms with Crippen LogP contribution in [0.4, 0.5) is 0 Å². The van der Waals surface area contributed by atoms with Crippen molar-refractivity contribution in [3.05, 3.63) is 47.0 Å². The SMILES string of the molecule is COc1cc(C(=O)NC2CC(C)(C)Oc3ccc(C)cc32)cc(OC)c1OC. The number of hydrogen-bond donors (Lipinski definition) is 1. The van der Waals surface area contributed by atoms with Gasteiger partial charge in [-0.1, -0.05) is 17.7 Å². The Morgan fingerprint density at radius 1 is 1.07 bits per heavy atom. The van der Waals surface area contributed by atoms with E-state index in [0.717, 1.165) is 16.9 Å². The second-order valence-corrected chi connectivity index (χ2v) is 7.55. The second kappa shape index (κ2) is 7.62. The molecule has 150 valence electrons. The zero-order valence-electron chi connectivity index (χ0n) is 17.2. The van der Waals surface area contributed by atoms with Crippen molar-refractivity contribution < 1.29 is 23.7 Å². The molecule has 1 unspecified atom stereocenters. The van der Waals surface area contributed by atoms with Crippen LogP contribution in [0.25, 0.3) is 0 Å². The average Bonchev–Trinajstić information content (AvgIpc) is 2.66. The summed E-state index contributed by atoms with van der Waals surface area (Å²) in [5, 5.41) is 3.14. The zero-order valence-corrected chi connectivity index (χ0v) is 17.2. The van der Waals surface area contributed by atoms with E-state index in [4.69, 9.17) is 18.9 Å². The largest absolute Gasteiger partial charge is 0.493 e. The lowest BCUT2D eigenvalue weighted by Gasteiger charge is -2.38. The van der Waals surface area contributed by atoms with Crippen LogP contribution in [0, 0.1) is 6.92 Å². The van der Waals surface area contributed by atoms with Crippen LogP contribution < -0.4 is 24.3 Å². The van der Waals surface area contributed by atoms with E-state index in [1.807, 2.05) is 32.9 Å². The Hall–Kier alpha value is -2.89. The van der Waals surface area contributed by atoms with Crippen molar-refractivity contribution in [2.24, 2.45) is 0 Å². The van der Waals surface area contributed by atoms with Gasteiger partial charge in [-0.15, -0.1) is 0 Å². The Morgan fingerprint density at radius 3 is 2.29 bits per heavy atom. The molecule has 0 aliphatic carbocycles. The third kappa shape index (κ3) is 3.86. The third-order valence-corrected chi connectivity index (χ3v) is 4.85. The van der Waals surface area contributed by atoms with Gasteiger partial charge in [0.25, 0.3) is 5.91 Å². The lowest BCUT2D eigenvalue weighted by molar-refractivity contribution is 0.0619. The van der Waals surface area contributed by atoms with Crippen molar-refractivity contribution in [3.63, 3.8) is 0 Å². The number of aryl methyl sites for hydroxylation is 1. The number of rotatable bonds is 5. The maximum absolute atomic E-state index is 13.1. The third-order valence-electron chi connectivity index (χ3n) is 4.85. The highest BCUT2D eigenvalue weighted by molar-refractivity contribution is 5.96. The molecule has 1 aliphatic rings. The molecule has 6 nitrogen and oxygen atoms in total. The van der Waals surface area contributed by atoms with Crippen molar-refractivity contribution in [2.75, 3.05) is 21.3 Å². The van der Waals surface area contributed by atoms with Gasteiger partial charge in [0, 0.05) is 17.5 Å². The van der Waals surface area contributed by atoms with Gasteiger partial charge in [-0.05, 0) is 39.0 Å². The minimum absolute atomic E-state index is 0.162. The number of nitrogens with one attached hydrogen (secondary N) is 1. The lowest BCUT2D eigenvalue weighted by atomic mass is 9.88.